The zero-order chi connectivity index (χ0) is 17.7. The van der Waals surface area contributed by atoms with Gasteiger partial charge in [0.2, 0.25) is 0 Å². The Balaban J connectivity index is 2.27. The minimum atomic E-state index is -3.82. The number of rotatable bonds is 8. The summed E-state index contributed by atoms with van der Waals surface area (Å²) in [7, 11) is -0.750. The second-order valence-corrected chi connectivity index (χ2v) is 6.58. The van der Waals surface area contributed by atoms with E-state index in [0.717, 1.165) is 0 Å². The molecule has 0 saturated carbocycles. The maximum atomic E-state index is 12.5. The molecule has 0 amide bonds. The summed E-state index contributed by atoms with van der Waals surface area (Å²) < 4.78 is 48.1. The molecule has 0 spiro atoms. The molecule has 0 aliphatic carbocycles. The molecule has 1 aromatic heterocycles. The Morgan fingerprint density at radius 2 is 1.92 bits per heavy atom. The van der Waals surface area contributed by atoms with E-state index in [-0.39, 0.29) is 10.7 Å². The highest BCUT2D eigenvalue weighted by molar-refractivity contribution is 7.92. The molecule has 1 aromatic carbocycles. The molecule has 0 saturated heterocycles. The van der Waals surface area contributed by atoms with Crippen molar-refractivity contribution in [1.29, 1.82) is 0 Å². The van der Waals surface area contributed by atoms with Crippen LogP contribution in [0.3, 0.4) is 0 Å². The number of aryl methyl sites for hydroxylation is 2. The molecule has 0 aliphatic heterocycles. The van der Waals surface area contributed by atoms with Crippen LogP contribution in [0.1, 0.15) is 11.5 Å². The van der Waals surface area contributed by atoms with Gasteiger partial charge in [0.05, 0.1) is 19.4 Å². The van der Waals surface area contributed by atoms with Crippen LogP contribution in [-0.2, 0) is 14.8 Å². The molecule has 0 aliphatic rings. The van der Waals surface area contributed by atoms with Crippen molar-refractivity contribution in [3.63, 3.8) is 0 Å². The second-order valence-electron chi connectivity index (χ2n) is 4.97. The summed E-state index contributed by atoms with van der Waals surface area (Å²) >= 11 is 0. The van der Waals surface area contributed by atoms with Crippen molar-refractivity contribution in [3.05, 3.63) is 29.7 Å². The van der Waals surface area contributed by atoms with Crippen LogP contribution in [0.5, 0.6) is 11.5 Å². The first-order valence-electron chi connectivity index (χ1n) is 7.14. The summed E-state index contributed by atoms with van der Waals surface area (Å²) in [6.07, 6.45) is 0. The molecule has 0 unspecified atom stereocenters. The zero-order valence-corrected chi connectivity index (χ0v) is 14.8. The minimum Gasteiger partial charge on any atom is -0.493 e. The van der Waals surface area contributed by atoms with Crippen molar-refractivity contribution in [1.82, 2.24) is 5.16 Å². The topological polar surface area (TPSA) is 99.9 Å². The average molecular weight is 356 g/mol. The summed E-state index contributed by atoms with van der Waals surface area (Å²) in [5.41, 5.74) is 0.633. The molecule has 24 heavy (non-hydrogen) atoms. The third kappa shape index (κ3) is 3.98. The van der Waals surface area contributed by atoms with Gasteiger partial charge in [-0.3, -0.25) is 4.72 Å². The van der Waals surface area contributed by atoms with Gasteiger partial charge < -0.3 is 18.7 Å². The van der Waals surface area contributed by atoms with Crippen LogP contribution in [0.4, 0.5) is 5.69 Å². The van der Waals surface area contributed by atoms with Crippen molar-refractivity contribution < 1.29 is 27.2 Å². The SMILES string of the molecule is COCCOc1cc(NS(=O)(=O)c2c(C)noc2C)ccc1OC. The van der Waals surface area contributed by atoms with Crippen LogP contribution in [0.25, 0.3) is 0 Å². The van der Waals surface area contributed by atoms with E-state index in [2.05, 4.69) is 9.88 Å². The second kappa shape index (κ2) is 7.54. The van der Waals surface area contributed by atoms with E-state index in [1.54, 1.807) is 39.2 Å². The van der Waals surface area contributed by atoms with Crippen LogP contribution >= 0.6 is 0 Å². The highest BCUT2D eigenvalue weighted by Gasteiger charge is 2.24. The summed E-state index contributed by atoms with van der Waals surface area (Å²) in [4.78, 5) is 0.0279. The summed E-state index contributed by atoms with van der Waals surface area (Å²) in [5, 5.41) is 3.67. The zero-order valence-electron chi connectivity index (χ0n) is 14.0. The molecule has 0 atom stereocenters. The van der Waals surface area contributed by atoms with Crippen molar-refractivity contribution in [2.45, 2.75) is 18.7 Å². The molecule has 0 bridgehead atoms. The molecule has 0 fully saturated rings. The monoisotopic (exact) mass is 356 g/mol. The third-order valence-corrected chi connectivity index (χ3v) is 4.82. The van der Waals surface area contributed by atoms with Crippen molar-refractivity contribution >= 4 is 15.7 Å². The van der Waals surface area contributed by atoms with E-state index in [1.807, 2.05) is 0 Å². The van der Waals surface area contributed by atoms with Gasteiger partial charge in [-0.2, -0.15) is 0 Å². The fourth-order valence-electron chi connectivity index (χ4n) is 2.15. The first-order valence-corrected chi connectivity index (χ1v) is 8.63. The van der Waals surface area contributed by atoms with Crippen LogP contribution in [0, 0.1) is 13.8 Å². The quantitative estimate of drug-likeness (QED) is 0.723. The number of nitrogens with zero attached hydrogens (tertiary/aromatic N) is 1. The predicted molar refractivity (Wildman–Crippen MR) is 87.2 cm³/mol. The van der Waals surface area contributed by atoms with Gasteiger partial charge >= 0.3 is 0 Å². The summed E-state index contributed by atoms with van der Waals surface area (Å²) in [5.74, 6) is 1.13. The molecule has 9 heteroatoms. The average Bonchev–Trinajstić information content (AvgIpc) is 2.87. The number of nitrogens with one attached hydrogen (secondary N) is 1. The Kier molecular flexibility index (Phi) is 5.68. The van der Waals surface area contributed by atoms with E-state index in [9.17, 15) is 8.42 Å². The van der Waals surface area contributed by atoms with E-state index < -0.39 is 10.0 Å². The number of hydrogen-bond acceptors (Lipinski definition) is 7. The van der Waals surface area contributed by atoms with Crippen LogP contribution in [0.15, 0.2) is 27.6 Å². The summed E-state index contributed by atoms with van der Waals surface area (Å²) in [6.45, 7) is 3.82. The lowest BCUT2D eigenvalue weighted by atomic mass is 10.3. The number of methoxy groups -OCH3 is 2. The van der Waals surface area contributed by atoms with Crippen molar-refractivity contribution in [3.8, 4) is 11.5 Å². The predicted octanol–water partition coefficient (Wildman–Crippen LogP) is 2.13. The first kappa shape index (κ1) is 18.1. The molecule has 1 heterocycles. The van der Waals surface area contributed by atoms with E-state index in [0.29, 0.717) is 36.1 Å². The third-order valence-electron chi connectivity index (χ3n) is 3.20. The van der Waals surface area contributed by atoms with E-state index in [1.165, 1.54) is 7.11 Å². The largest absolute Gasteiger partial charge is 0.493 e. The number of ether oxygens (including phenoxy) is 3. The molecular weight excluding hydrogens is 336 g/mol. The number of hydrogen-bond donors (Lipinski definition) is 1. The number of benzene rings is 1. The highest BCUT2D eigenvalue weighted by Crippen LogP contribution is 2.31. The molecule has 132 valence electrons. The fourth-order valence-corrected chi connectivity index (χ4v) is 3.53. The van der Waals surface area contributed by atoms with Crippen LogP contribution in [-0.4, -0.2) is 41.0 Å². The number of anilines is 1. The van der Waals surface area contributed by atoms with Gasteiger partial charge in [-0.15, -0.1) is 0 Å². The van der Waals surface area contributed by atoms with Gasteiger partial charge in [0.25, 0.3) is 10.0 Å². The first-order chi connectivity index (χ1) is 11.4. The van der Waals surface area contributed by atoms with Crippen molar-refractivity contribution in [2.24, 2.45) is 0 Å². The van der Waals surface area contributed by atoms with E-state index in [4.69, 9.17) is 18.7 Å². The molecule has 8 nitrogen and oxygen atoms in total. The number of sulfonamides is 1. The number of aromatic nitrogens is 1. The van der Waals surface area contributed by atoms with Crippen LogP contribution < -0.4 is 14.2 Å². The lowest BCUT2D eigenvalue weighted by Gasteiger charge is -2.13. The van der Waals surface area contributed by atoms with Crippen LogP contribution in [0.2, 0.25) is 0 Å². The molecule has 2 aromatic rings. The smallest absolute Gasteiger partial charge is 0.267 e. The lowest BCUT2D eigenvalue weighted by Crippen LogP contribution is -2.14. The fraction of sp³-hybridized carbons (Fsp3) is 0.400. The Bertz CT molecular complexity index is 781. The molecular formula is C15H20N2O6S. The van der Waals surface area contributed by atoms with E-state index >= 15 is 0 Å². The Labute approximate surface area is 140 Å². The van der Waals surface area contributed by atoms with Gasteiger partial charge in [0.1, 0.15) is 12.3 Å². The van der Waals surface area contributed by atoms with Crippen molar-refractivity contribution in [2.75, 3.05) is 32.2 Å². The molecule has 0 radical (unpaired) electrons. The Morgan fingerprint density at radius 1 is 1.17 bits per heavy atom. The normalized spacial score (nSPS) is 11.3. The van der Waals surface area contributed by atoms with Gasteiger partial charge in [-0.25, -0.2) is 8.42 Å². The maximum absolute atomic E-state index is 12.5. The standard InChI is InChI=1S/C15H20N2O6S/c1-10-15(11(2)23-16-10)24(18,19)17-12-5-6-13(21-4)14(9-12)22-8-7-20-3/h5-6,9,17H,7-8H2,1-4H3. The highest BCUT2D eigenvalue weighted by atomic mass is 32.2. The minimum absolute atomic E-state index is 0.0279. The van der Waals surface area contributed by atoms with Gasteiger partial charge in [-0.1, -0.05) is 5.16 Å². The Morgan fingerprint density at radius 3 is 2.50 bits per heavy atom. The van der Waals surface area contributed by atoms with Gasteiger partial charge in [-0.05, 0) is 26.0 Å². The Hall–Kier alpha value is -2.26. The molecule has 2 rings (SSSR count). The maximum Gasteiger partial charge on any atom is 0.267 e. The van der Waals surface area contributed by atoms with Gasteiger partial charge in [0, 0.05) is 13.2 Å². The van der Waals surface area contributed by atoms with Gasteiger partial charge in [0.15, 0.2) is 22.2 Å². The lowest BCUT2D eigenvalue weighted by molar-refractivity contribution is 0.144. The molecule has 1 N–H and O–H groups in total. The summed E-state index contributed by atoms with van der Waals surface area (Å²) in [6, 6.07) is 4.75.